The summed E-state index contributed by atoms with van der Waals surface area (Å²) >= 11 is 0. The van der Waals surface area contributed by atoms with Crippen LogP contribution in [0.1, 0.15) is 25.8 Å². The third-order valence-electron chi connectivity index (χ3n) is 2.24. The van der Waals surface area contributed by atoms with Crippen LogP contribution in [0.15, 0.2) is 48.1 Å². The Hall–Kier alpha value is -1.50. The van der Waals surface area contributed by atoms with E-state index in [4.69, 9.17) is 4.74 Å². The molecule has 0 N–H and O–H groups in total. The summed E-state index contributed by atoms with van der Waals surface area (Å²) in [6.07, 6.45) is 7.38. The first-order chi connectivity index (χ1) is 7.72. The van der Waals surface area contributed by atoms with Crippen molar-refractivity contribution in [2.45, 2.75) is 27.2 Å². The van der Waals surface area contributed by atoms with Gasteiger partial charge < -0.3 is 4.74 Å². The van der Waals surface area contributed by atoms with Gasteiger partial charge in [0.05, 0.1) is 0 Å². The molecular formula is C15H20O. The Morgan fingerprint density at radius 2 is 1.94 bits per heavy atom. The van der Waals surface area contributed by atoms with Gasteiger partial charge in [-0.05, 0) is 38.0 Å². The van der Waals surface area contributed by atoms with E-state index in [1.165, 1.54) is 11.1 Å². The van der Waals surface area contributed by atoms with Gasteiger partial charge in [0.2, 0.25) is 0 Å². The molecule has 0 aliphatic rings. The quantitative estimate of drug-likeness (QED) is 0.667. The minimum Gasteiger partial charge on any atom is -0.489 e. The standard InChI is InChI=1S/C15H20O/c1-4-5-6-7-14(3)12-16-15-10-8-13(2)9-11-15/h5-11H,4,12H2,1-3H3/b6-5-,14-7+. The van der Waals surface area contributed by atoms with E-state index in [9.17, 15) is 0 Å². The molecule has 0 amide bonds. The summed E-state index contributed by atoms with van der Waals surface area (Å²) in [4.78, 5) is 0. The van der Waals surface area contributed by atoms with Gasteiger partial charge in [-0.25, -0.2) is 0 Å². The maximum atomic E-state index is 5.65. The average Bonchev–Trinajstić information content (AvgIpc) is 2.29. The highest BCUT2D eigenvalue weighted by atomic mass is 16.5. The third-order valence-corrected chi connectivity index (χ3v) is 2.24. The molecule has 0 aliphatic carbocycles. The Morgan fingerprint density at radius 1 is 1.25 bits per heavy atom. The molecule has 0 heterocycles. The van der Waals surface area contributed by atoms with Crippen molar-refractivity contribution in [1.29, 1.82) is 0 Å². The fraction of sp³-hybridized carbons (Fsp3) is 0.333. The summed E-state index contributed by atoms with van der Waals surface area (Å²) in [6, 6.07) is 8.13. The Kier molecular flexibility index (Phi) is 5.41. The van der Waals surface area contributed by atoms with Crippen LogP contribution in [0.25, 0.3) is 0 Å². The number of benzene rings is 1. The largest absolute Gasteiger partial charge is 0.489 e. The molecule has 0 saturated heterocycles. The lowest BCUT2D eigenvalue weighted by Gasteiger charge is -2.06. The molecular weight excluding hydrogens is 196 g/mol. The second-order valence-electron chi connectivity index (χ2n) is 3.95. The Bertz CT molecular complexity index is 358. The number of hydrogen-bond donors (Lipinski definition) is 0. The summed E-state index contributed by atoms with van der Waals surface area (Å²) in [5.74, 6) is 0.929. The minimum absolute atomic E-state index is 0.650. The number of allylic oxidation sites excluding steroid dienone is 3. The predicted octanol–water partition coefficient (Wildman–Crippen LogP) is 4.29. The van der Waals surface area contributed by atoms with E-state index in [1.54, 1.807) is 0 Å². The smallest absolute Gasteiger partial charge is 0.119 e. The Balaban J connectivity index is 2.42. The van der Waals surface area contributed by atoms with Gasteiger partial charge in [-0.2, -0.15) is 0 Å². The SMILES string of the molecule is CC/C=C\C=C(/C)COc1ccc(C)cc1. The molecule has 86 valence electrons. The van der Waals surface area contributed by atoms with E-state index in [-0.39, 0.29) is 0 Å². The van der Waals surface area contributed by atoms with Crippen molar-refractivity contribution in [2.75, 3.05) is 6.61 Å². The molecule has 1 heteroatoms. The molecule has 0 spiro atoms. The molecule has 16 heavy (non-hydrogen) atoms. The zero-order valence-electron chi connectivity index (χ0n) is 10.4. The van der Waals surface area contributed by atoms with Crippen molar-refractivity contribution in [2.24, 2.45) is 0 Å². The van der Waals surface area contributed by atoms with E-state index < -0.39 is 0 Å². The van der Waals surface area contributed by atoms with Crippen LogP contribution in [0.4, 0.5) is 0 Å². The van der Waals surface area contributed by atoms with Crippen LogP contribution in [0.5, 0.6) is 5.75 Å². The first-order valence-corrected chi connectivity index (χ1v) is 5.74. The summed E-state index contributed by atoms with van der Waals surface area (Å²) in [6.45, 7) is 6.93. The van der Waals surface area contributed by atoms with E-state index in [1.807, 2.05) is 12.1 Å². The molecule has 1 aromatic rings. The highest BCUT2D eigenvalue weighted by Crippen LogP contribution is 2.12. The van der Waals surface area contributed by atoms with Crippen LogP contribution in [0.3, 0.4) is 0 Å². The Labute approximate surface area is 98.5 Å². The van der Waals surface area contributed by atoms with Crippen molar-refractivity contribution in [1.82, 2.24) is 0 Å². The molecule has 0 fully saturated rings. The van der Waals surface area contributed by atoms with Gasteiger partial charge in [-0.1, -0.05) is 42.8 Å². The fourth-order valence-corrected chi connectivity index (χ4v) is 1.25. The average molecular weight is 216 g/mol. The number of hydrogen-bond acceptors (Lipinski definition) is 1. The van der Waals surface area contributed by atoms with Gasteiger partial charge in [0.25, 0.3) is 0 Å². The molecule has 0 aliphatic heterocycles. The molecule has 0 aromatic heterocycles. The van der Waals surface area contributed by atoms with Crippen LogP contribution in [0, 0.1) is 6.92 Å². The maximum Gasteiger partial charge on any atom is 0.119 e. The van der Waals surface area contributed by atoms with Gasteiger partial charge in [-0.3, -0.25) is 0 Å². The van der Waals surface area contributed by atoms with E-state index in [0.29, 0.717) is 6.61 Å². The predicted molar refractivity (Wildman–Crippen MR) is 69.9 cm³/mol. The van der Waals surface area contributed by atoms with Crippen LogP contribution < -0.4 is 4.74 Å². The van der Waals surface area contributed by atoms with Crippen molar-refractivity contribution >= 4 is 0 Å². The van der Waals surface area contributed by atoms with Crippen molar-refractivity contribution in [3.8, 4) is 5.75 Å². The van der Waals surface area contributed by atoms with Crippen molar-refractivity contribution in [3.63, 3.8) is 0 Å². The molecule has 0 bridgehead atoms. The molecule has 1 aromatic carbocycles. The molecule has 1 nitrogen and oxygen atoms in total. The first kappa shape index (κ1) is 12.6. The van der Waals surface area contributed by atoms with Gasteiger partial charge in [-0.15, -0.1) is 0 Å². The molecule has 0 radical (unpaired) electrons. The normalized spacial score (nSPS) is 12.1. The van der Waals surface area contributed by atoms with E-state index >= 15 is 0 Å². The maximum absolute atomic E-state index is 5.65. The molecule has 0 saturated carbocycles. The zero-order valence-corrected chi connectivity index (χ0v) is 10.4. The monoisotopic (exact) mass is 216 g/mol. The number of aryl methyl sites for hydroxylation is 1. The second-order valence-corrected chi connectivity index (χ2v) is 3.95. The van der Waals surface area contributed by atoms with Crippen molar-refractivity contribution < 1.29 is 4.74 Å². The molecule has 1 rings (SSSR count). The third kappa shape index (κ3) is 4.83. The molecule has 0 unspecified atom stereocenters. The van der Waals surface area contributed by atoms with Gasteiger partial charge in [0.1, 0.15) is 12.4 Å². The van der Waals surface area contributed by atoms with Crippen LogP contribution in [-0.4, -0.2) is 6.61 Å². The topological polar surface area (TPSA) is 9.23 Å². The minimum atomic E-state index is 0.650. The summed E-state index contributed by atoms with van der Waals surface area (Å²) < 4.78 is 5.65. The van der Waals surface area contributed by atoms with Gasteiger partial charge in [0.15, 0.2) is 0 Å². The van der Waals surface area contributed by atoms with E-state index in [2.05, 4.69) is 51.1 Å². The van der Waals surface area contributed by atoms with E-state index in [0.717, 1.165) is 12.2 Å². The lowest BCUT2D eigenvalue weighted by molar-refractivity contribution is 0.352. The molecule has 0 atom stereocenters. The van der Waals surface area contributed by atoms with Crippen LogP contribution in [-0.2, 0) is 0 Å². The highest BCUT2D eigenvalue weighted by Gasteiger charge is 1.93. The van der Waals surface area contributed by atoms with Crippen molar-refractivity contribution in [3.05, 3.63) is 53.6 Å². The first-order valence-electron chi connectivity index (χ1n) is 5.74. The Morgan fingerprint density at radius 3 is 2.56 bits per heavy atom. The van der Waals surface area contributed by atoms with Gasteiger partial charge in [0, 0.05) is 0 Å². The lowest BCUT2D eigenvalue weighted by atomic mass is 10.2. The summed E-state index contributed by atoms with van der Waals surface area (Å²) in [5.41, 5.74) is 2.48. The second kappa shape index (κ2) is 6.89. The van der Waals surface area contributed by atoms with Gasteiger partial charge >= 0.3 is 0 Å². The summed E-state index contributed by atoms with van der Waals surface area (Å²) in [7, 11) is 0. The van der Waals surface area contributed by atoms with Crippen LogP contribution in [0.2, 0.25) is 0 Å². The zero-order chi connectivity index (χ0) is 11.8. The lowest BCUT2D eigenvalue weighted by Crippen LogP contribution is -1.98. The fourth-order valence-electron chi connectivity index (χ4n) is 1.25. The highest BCUT2D eigenvalue weighted by molar-refractivity contribution is 5.26. The van der Waals surface area contributed by atoms with Crippen LogP contribution >= 0.6 is 0 Å². The number of ether oxygens (including phenoxy) is 1. The number of rotatable bonds is 5. The summed E-state index contributed by atoms with van der Waals surface area (Å²) in [5, 5.41) is 0.